The Kier molecular flexibility index (Phi) is 5.10. The summed E-state index contributed by atoms with van der Waals surface area (Å²) in [5.41, 5.74) is 0. The molecule has 102 valence electrons. The topological polar surface area (TPSA) is 71.1 Å². The molecule has 0 radical (unpaired) electrons. The van der Waals surface area contributed by atoms with Crippen molar-refractivity contribution in [3.05, 3.63) is 18.3 Å². The average Bonchev–Trinajstić information content (AvgIpc) is 2.27. The van der Waals surface area contributed by atoms with Gasteiger partial charge in [0.15, 0.2) is 0 Å². The molecule has 5 nitrogen and oxygen atoms in total. The fourth-order valence-corrected chi connectivity index (χ4v) is 2.98. The molecule has 0 aliphatic rings. The number of sulfonamides is 1. The van der Waals surface area contributed by atoms with Crippen molar-refractivity contribution in [1.29, 1.82) is 0 Å². The Morgan fingerprint density at radius 1 is 1.28 bits per heavy atom. The van der Waals surface area contributed by atoms with Gasteiger partial charge >= 0.3 is 0 Å². The van der Waals surface area contributed by atoms with Gasteiger partial charge in [-0.1, -0.05) is 13.8 Å². The second-order valence-corrected chi connectivity index (χ2v) is 6.50. The summed E-state index contributed by atoms with van der Waals surface area (Å²) in [6, 6.07) is 3.10. The predicted molar refractivity (Wildman–Crippen MR) is 73.0 cm³/mol. The molecule has 0 spiro atoms. The third kappa shape index (κ3) is 4.27. The van der Waals surface area contributed by atoms with E-state index < -0.39 is 10.0 Å². The SMILES string of the molecule is CNc1ccc(S(=O)(=O)NC(C)CC(C)C)cn1. The molecule has 0 fully saturated rings. The number of hydrogen-bond acceptors (Lipinski definition) is 4. The van der Waals surface area contributed by atoms with Crippen molar-refractivity contribution in [2.75, 3.05) is 12.4 Å². The van der Waals surface area contributed by atoms with Crippen LogP contribution < -0.4 is 10.0 Å². The third-order valence-corrected chi connectivity index (χ3v) is 4.06. The number of nitrogens with one attached hydrogen (secondary N) is 2. The molecule has 0 aliphatic heterocycles. The second kappa shape index (κ2) is 6.15. The fraction of sp³-hybridized carbons (Fsp3) is 0.583. The Hall–Kier alpha value is -1.14. The van der Waals surface area contributed by atoms with Crippen LogP contribution in [0.1, 0.15) is 27.2 Å². The second-order valence-electron chi connectivity index (χ2n) is 4.78. The maximum Gasteiger partial charge on any atom is 0.242 e. The highest BCUT2D eigenvalue weighted by Gasteiger charge is 2.18. The summed E-state index contributed by atoms with van der Waals surface area (Å²) in [6.07, 6.45) is 2.16. The molecule has 1 heterocycles. The lowest BCUT2D eigenvalue weighted by Crippen LogP contribution is -2.33. The molecule has 1 aromatic heterocycles. The van der Waals surface area contributed by atoms with Gasteiger partial charge in [-0.05, 0) is 31.4 Å². The Balaban J connectivity index is 2.79. The standard InChI is InChI=1S/C12H21N3O2S/c1-9(2)7-10(3)15-18(16,17)11-5-6-12(13-4)14-8-11/h5-6,8-10,15H,7H2,1-4H3,(H,13,14). The Labute approximate surface area is 109 Å². The predicted octanol–water partition coefficient (Wildman–Crippen LogP) is 1.84. The molecule has 0 amide bonds. The van der Waals surface area contributed by atoms with E-state index in [9.17, 15) is 8.42 Å². The number of rotatable bonds is 6. The molecule has 18 heavy (non-hydrogen) atoms. The van der Waals surface area contributed by atoms with Crippen LogP contribution in [0, 0.1) is 5.92 Å². The maximum absolute atomic E-state index is 12.1. The molecule has 2 N–H and O–H groups in total. The third-order valence-electron chi connectivity index (χ3n) is 2.48. The van der Waals surface area contributed by atoms with E-state index >= 15 is 0 Å². The molecule has 0 bridgehead atoms. The van der Waals surface area contributed by atoms with Crippen LogP contribution in [-0.2, 0) is 10.0 Å². The average molecular weight is 271 g/mol. The first-order valence-electron chi connectivity index (χ1n) is 6.01. The number of hydrogen-bond donors (Lipinski definition) is 2. The van der Waals surface area contributed by atoms with Crippen LogP contribution in [0.15, 0.2) is 23.2 Å². The fourth-order valence-electron chi connectivity index (χ4n) is 1.78. The van der Waals surface area contributed by atoms with Crippen molar-refractivity contribution in [3.8, 4) is 0 Å². The summed E-state index contributed by atoms with van der Waals surface area (Å²) >= 11 is 0. The summed E-state index contributed by atoms with van der Waals surface area (Å²) in [5.74, 6) is 1.09. The molecule has 1 unspecified atom stereocenters. The van der Waals surface area contributed by atoms with Gasteiger partial charge in [0.2, 0.25) is 10.0 Å². The lowest BCUT2D eigenvalue weighted by molar-refractivity contribution is 0.482. The van der Waals surface area contributed by atoms with Crippen molar-refractivity contribution in [1.82, 2.24) is 9.71 Å². The minimum atomic E-state index is -3.47. The molecule has 1 atom stereocenters. The van der Waals surface area contributed by atoms with Gasteiger partial charge in [0.25, 0.3) is 0 Å². The van der Waals surface area contributed by atoms with E-state index in [0.29, 0.717) is 11.7 Å². The van der Waals surface area contributed by atoms with Gasteiger partial charge in [0.1, 0.15) is 10.7 Å². The van der Waals surface area contributed by atoms with E-state index in [2.05, 4.69) is 28.9 Å². The zero-order chi connectivity index (χ0) is 13.8. The van der Waals surface area contributed by atoms with Crippen molar-refractivity contribution < 1.29 is 8.42 Å². The van der Waals surface area contributed by atoms with Gasteiger partial charge < -0.3 is 5.32 Å². The van der Waals surface area contributed by atoms with E-state index in [4.69, 9.17) is 0 Å². The maximum atomic E-state index is 12.1. The van der Waals surface area contributed by atoms with Gasteiger partial charge in [-0.2, -0.15) is 0 Å². The van der Waals surface area contributed by atoms with Crippen molar-refractivity contribution in [2.24, 2.45) is 5.92 Å². The number of pyridine rings is 1. The highest BCUT2D eigenvalue weighted by Crippen LogP contribution is 2.12. The summed E-state index contributed by atoms with van der Waals surface area (Å²) in [7, 11) is -1.73. The smallest absolute Gasteiger partial charge is 0.242 e. The summed E-state index contributed by atoms with van der Waals surface area (Å²) < 4.78 is 26.8. The molecule has 0 saturated heterocycles. The highest BCUT2D eigenvalue weighted by atomic mass is 32.2. The van der Waals surface area contributed by atoms with Crippen LogP contribution in [-0.4, -0.2) is 26.5 Å². The first-order valence-corrected chi connectivity index (χ1v) is 7.49. The molecule has 0 saturated carbocycles. The van der Waals surface area contributed by atoms with Crippen LogP contribution in [0.3, 0.4) is 0 Å². The largest absolute Gasteiger partial charge is 0.373 e. The highest BCUT2D eigenvalue weighted by molar-refractivity contribution is 7.89. The Morgan fingerprint density at radius 3 is 2.39 bits per heavy atom. The van der Waals surface area contributed by atoms with E-state index in [1.807, 2.05) is 6.92 Å². The number of anilines is 1. The van der Waals surface area contributed by atoms with Gasteiger partial charge in [0, 0.05) is 19.3 Å². The lowest BCUT2D eigenvalue weighted by atomic mass is 10.1. The molecule has 1 rings (SSSR count). The van der Waals surface area contributed by atoms with Crippen molar-refractivity contribution >= 4 is 15.8 Å². The first kappa shape index (κ1) is 14.9. The van der Waals surface area contributed by atoms with Crippen LogP contribution in [0.2, 0.25) is 0 Å². The first-order chi connectivity index (χ1) is 8.35. The van der Waals surface area contributed by atoms with Gasteiger partial charge in [-0.3, -0.25) is 0 Å². The zero-order valence-corrected chi connectivity index (χ0v) is 12.1. The lowest BCUT2D eigenvalue weighted by Gasteiger charge is -2.16. The van der Waals surface area contributed by atoms with Gasteiger partial charge in [0.05, 0.1) is 0 Å². The van der Waals surface area contributed by atoms with Crippen molar-refractivity contribution in [2.45, 2.75) is 38.1 Å². The number of nitrogens with zero attached hydrogens (tertiary/aromatic N) is 1. The van der Waals surface area contributed by atoms with Gasteiger partial charge in [-0.15, -0.1) is 0 Å². The van der Waals surface area contributed by atoms with E-state index in [-0.39, 0.29) is 10.9 Å². The minimum Gasteiger partial charge on any atom is -0.373 e. The molecule has 6 heteroatoms. The van der Waals surface area contributed by atoms with Crippen molar-refractivity contribution in [3.63, 3.8) is 0 Å². The monoisotopic (exact) mass is 271 g/mol. The van der Waals surface area contributed by atoms with Gasteiger partial charge in [-0.25, -0.2) is 18.1 Å². The van der Waals surface area contributed by atoms with E-state index in [1.165, 1.54) is 6.20 Å². The molecular weight excluding hydrogens is 250 g/mol. The van der Waals surface area contributed by atoms with Crippen LogP contribution in [0.25, 0.3) is 0 Å². The quantitative estimate of drug-likeness (QED) is 0.828. The number of aromatic nitrogens is 1. The molecular formula is C12H21N3O2S. The van der Waals surface area contributed by atoms with E-state index in [1.54, 1.807) is 19.2 Å². The Bertz CT molecular complexity index is 469. The molecule has 0 aliphatic carbocycles. The minimum absolute atomic E-state index is 0.0843. The normalized spacial score (nSPS) is 13.6. The van der Waals surface area contributed by atoms with Crippen LogP contribution in [0.5, 0.6) is 0 Å². The van der Waals surface area contributed by atoms with Crippen LogP contribution in [0.4, 0.5) is 5.82 Å². The summed E-state index contributed by atoms with van der Waals surface area (Å²) in [6.45, 7) is 6.00. The molecule has 1 aromatic rings. The van der Waals surface area contributed by atoms with Crippen LogP contribution >= 0.6 is 0 Å². The summed E-state index contributed by atoms with van der Waals surface area (Å²) in [4.78, 5) is 4.19. The Morgan fingerprint density at radius 2 is 1.94 bits per heavy atom. The summed E-state index contributed by atoms with van der Waals surface area (Å²) in [5, 5.41) is 2.85. The molecule has 0 aromatic carbocycles. The zero-order valence-electron chi connectivity index (χ0n) is 11.3. The van der Waals surface area contributed by atoms with E-state index in [0.717, 1.165) is 6.42 Å².